The highest BCUT2D eigenvalue weighted by Gasteiger charge is 2.26. The molecule has 0 spiro atoms. The number of fused-ring (bicyclic) bond motifs is 1. The molecule has 8 nitrogen and oxygen atoms in total. The van der Waals surface area contributed by atoms with Gasteiger partial charge in [0.2, 0.25) is 0 Å². The van der Waals surface area contributed by atoms with Gasteiger partial charge >= 0.3 is 6.03 Å². The average molecular weight is 375 g/mol. The molecule has 4 rings (SSSR count). The van der Waals surface area contributed by atoms with Gasteiger partial charge in [-0.15, -0.1) is 11.3 Å². The maximum Gasteiger partial charge on any atom is 0.321 e. The molecule has 2 N–H and O–H groups in total. The largest absolute Gasteiger partial charge is 0.376 e. The van der Waals surface area contributed by atoms with Gasteiger partial charge in [-0.1, -0.05) is 0 Å². The van der Waals surface area contributed by atoms with Crippen LogP contribution in [-0.2, 0) is 17.8 Å². The number of nitrogens with zero attached hydrogens (tertiary/aromatic N) is 3. The Morgan fingerprint density at radius 2 is 2.15 bits per heavy atom. The van der Waals surface area contributed by atoms with Crippen molar-refractivity contribution in [2.24, 2.45) is 0 Å². The van der Waals surface area contributed by atoms with E-state index in [-0.39, 0.29) is 23.7 Å². The van der Waals surface area contributed by atoms with Gasteiger partial charge in [0.25, 0.3) is 5.56 Å². The van der Waals surface area contributed by atoms with Crippen molar-refractivity contribution in [3.8, 4) is 0 Å². The molecule has 2 aromatic heterocycles. The van der Waals surface area contributed by atoms with Crippen LogP contribution < -0.4 is 16.2 Å². The maximum atomic E-state index is 12.4. The maximum absolute atomic E-state index is 12.4. The zero-order chi connectivity index (χ0) is 17.9. The molecular formula is C17H21N5O3S. The zero-order valence-electron chi connectivity index (χ0n) is 14.3. The summed E-state index contributed by atoms with van der Waals surface area (Å²) in [5, 5.41) is 12.7. The van der Waals surface area contributed by atoms with Crippen LogP contribution in [0.2, 0.25) is 0 Å². The lowest BCUT2D eigenvalue weighted by molar-refractivity contribution is 0.107. The fourth-order valence-electron chi connectivity index (χ4n) is 3.56. The smallest absolute Gasteiger partial charge is 0.321 e. The predicted molar refractivity (Wildman–Crippen MR) is 97.4 cm³/mol. The van der Waals surface area contributed by atoms with E-state index in [0.717, 1.165) is 43.4 Å². The Labute approximate surface area is 154 Å². The summed E-state index contributed by atoms with van der Waals surface area (Å²) in [5.41, 5.74) is 1.82. The van der Waals surface area contributed by atoms with Gasteiger partial charge < -0.3 is 10.1 Å². The summed E-state index contributed by atoms with van der Waals surface area (Å²) >= 11 is 1.39. The van der Waals surface area contributed by atoms with Crippen molar-refractivity contribution in [1.29, 1.82) is 0 Å². The molecule has 0 saturated heterocycles. The third-order valence-corrected chi connectivity index (χ3v) is 5.58. The van der Waals surface area contributed by atoms with Crippen LogP contribution in [0.5, 0.6) is 0 Å². The number of carbonyl (C=O) groups excluding carboxylic acids is 1. The quantitative estimate of drug-likeness (QED) is 0.856. The molecular weight excluding hydrogens is 354 g/mol. The zero-order valence-corrected chi connectivity index (χ0v) is 15.1. The van der Waals surface area contributed by atoms with Gasteiger partial charge in [0.1, 0.15) is 0 Å². The lowest BCUT2D eigenvalue weighted by Crippen LogP contribution is -2.41. The molecule has 0 radical (unpaired) electrons. The highest BCUT2D eigenvalue weighted by molar-refractivity contribution is 7.13. The van der Waals surface area contributed by atoms with Crippen LogP contribution in [0.15, 0.2) is 22.4 Å². The van der Waals surface area contributed by atoms with Crippen LogP contribution in [0.1, 0.15) is 43.0 Å². The first-order chi connectivity index (χ1) is 12.7. The molecule has 1 aliphatic heterocycles. The van der Waals surface area contributed by atoms with Gasteiger partial charge in [0.15, 0.2) is 5.13 Å². The van der Waals surface area contributed by atoms with Crippen molar-refractivity contribution >= 4 is 22.5 Å². The van der Waals surface area contributed by atoms with Gasteiger partial charge in [0.05, 0.1) is 24.9 Å². The topological polar surface area (TPSA) is 98.1 Å². The second-order valence-corrected chi connectivity index (χ2v) is 7.54. The third-order valence-electron chi connectivity index (χ3n) is 4.89. The van der Waals surface area contributed by atoms with E-state index in [4.69, 9.17) is 4.74 Å². The van der Waals surface area contributed by atoms with Crippen LogP contribution in [0.25, 0.3) is 0 Å². The van der Waals surface area contributed by atoms with E-state index < -0.39 is 0 Å². The SMILES string of the molecule is O=C(Nc1nccs1)NC1CCC(n2nc3c(cc2=O)COCC3)CC1. The minimum absolute atomic E-state index is 0.0628. The standard InChI is InChI=1S/C17H21N5O3S/c23-15-9-11-10-25-7-5-14(11)21-22(15)13-3-1-12(2-4-13)19-16(24)20-17-18-6-8-26-17/h6,8-9,12-13H,1-5,7,10H2,(H2,18,19,20,24). The van der Waals surface area contributed by atoms with Crippen molar-refractivity contribution in [2.45, 2.75) is 50.8 Å². The van der Waals surface area contributed by atoms with E-state index in [2.05, 4.69) is 20.7 Å². The molecule has 26 heavy (non-hydrogen) atoms. The minimum atomic E-state index is -0.229. The highest BCUT2D eigenvalue weighted by Crippen LogP contribution is 2.27. The second-order valence-electron chi connectivity index (χ2n) is 6.64. The molecule has 0 bridgehead atoms. The Morgan fingerprint density at radius 3 is 2.92 bits per heavy atom. The number of rotatable bonds is 3. The van der Waals surface area contributed by atoms with Crippen LogP contribution in [0.4, 0.5) is 9.93 Å². The fourth-order valence-corrected chi connectivity index (χ4v) is 4.08. The monoisotopic (exact) mass is 375 g/mol. The Hall–Kier alpha value is -2.26. The molecule has 2 aliphatic rings. The molecule has 2 amide bonds. The number of amides is 2. The molecule has 1 fully saturated rings. The number of urea groups is 1. The molecule has 2 aromatic rings. The molecule has 9 heteroatoms. The summed E-state index contributed by atoms with van der Waals surface area (Å²) in [7, 11) is 0. The van der Waals surface area contributed by atoms with E-state index in [1.807, 2.05) is 5.38 Å². The summed E-state index contributed by atoms with van der Waals surface area (Å²) in [6.45, 7) is 1.13. The Morgan fingerprint density at radius 1 is 1.31 bits per heavy atom. The number of nitrogens with one attached hydrogen (secondary N) is 2. The van der Waals surface area contributed by atoms with Gasteiger partial charge in [-0.2, -0.15) is 5.10 Å². The summed E-state index contributed by atoms with van der Waals surface area (Å²) in [4.78, 5) is 28.4. The molecule has 1 aliphatic carbocycles. The van der Waals surface area contributed by atoms with Crippen molar-refractivity contribution < 1.29 is 9.53 Å². The number of thiazole rings is 1. The van der Waals surface area contributed by atoms with Gasteiger partial charge in [-0.3, -0.25) is 10.1 Å². The first-order valence-corrected chi connectivity index (χ1v) is 9.73. The van der Waals surface area contributed by atoms with Crippen LogP contribution in [0, 0.1) is 0 Å². The predicted octanol–water partition coefficient (Wildman–Crippen LogP) is 2.08. The normalized spacial score (nSPS) is 22.5. The number of anilines is 1. The lowest BCUT2D eigenvalue weighted by atomic mass is 9.91. The summed E-state index contributed by atoms with van der Waals surface area (Å²) in [6.07, 6.45) is 5.70. The Balaban J connectivity index is 1.35. The van der Waals surface area contributed by atoms with Crippen molar-refractivity contribution in [1.82, 2.24) is 20.1 Å². The van der Waals surface area contributed by atoms with Crippen LogP contribution >= 0.6 is 11.3 Å². The summed E-state index contributed by atoms with van der Waals surface area (Å²) in [6, 6.07) is 1.63. The fraction of sp³-hybridized carbons (Fsp3) is 0.529. The molecule has 3 heterocycles. The minimum Gasteiger partial charge on any atom is -0.376 e. The lowest BCUT2D eigenvalue weighted by Gasteiger charge is -2.30. The first-order valence-electron chi connectivity index (χ1n) is 8.85. The molecule has 0 atom stereocenters. The van der Waals surface area contributed by atoms with E-state index in [9.17, 15) is 9.59 Å². The molecule has 138 valence electrons. The first kappa shape index (κ1) is 17.2. The van der Waals surface area contributed by atoms with Crippen LogP contribution in [0.3, 0.4) is 0 Å². The van der Waals surface area contributed by atoms with E-state index >= 15 is 0 Å². The van der Waals surface area contributed by atoms with Crippen molar-refractivity contribution in [2.75, 3.05) is 11.9 Å². The van der Waals surface area contributed by atoms with Gasteiger partial charge in [0, 0.05) is 35.7 Å². The third kappa shape index (κ3) is 3.78. The number of ether oxygens (including phenoxy) is 1. The number of hydrogen-bond acceptors (Lipinski definition) is 6. The van der Waals surface area contributed by atoms with E-state index in [0.29, 0.717) is 18.3 Å². The summed E-state index contributed by atoms with van der Waals surface area (Å²) < 4.78 is 7.02. The Kier molecular flexibility index (Phi) is 4.98. The number of hydrogen-bond donors (Lipinski definition) is 2. The second kappa shape index (κ2) is 7.55. The number of aromatic nitrogens is 3. The number of carbonyl (C=O) groups is 1. The van der Waals surface area contributed by atoms with E-state index in [1.54, 1.807) is 16.9 Å². The molecule has 0 aromatic carbocycles. The highest BCUT2D eigenvalue weighted by atomic mass is 32.1. The Bertz CT molecular complexity index is 827. The average Bonchev–Trinajstić information content (AvgIpc) is 3.15. The van der Waals surface area contributed by atoms with Crippen molar-refractivity contribution in [3.63, 3.8) is 0 Å². The van der Waals surface area contributed by atoms with Crippen LogP contribution in [-0.4, -0.2) is 33.4 Å². The van der Waals surface area contributed by atoms with Gasteiger partial charge in [-0.25, -0.2) is 14.5 Å². The van der Waals surface area contributed by atoms with Crippen molar-refractivity contribution in [3.05, 3.63) is 39.3 Å². The molecule has 0 unspecified atom stereocenters. The summed E-state index contributed by atoms with van der Waals surface area (Å²) in [5.74, 6) is 0. The molecule has 1 saturated carbocycles. The van der Waals surface area contributed by atoms with E-state index in [1.165, 1.54) is 11.3 Å². The van der Waals surface area contributed by atoms with Gasteiger partial charge in [-0.05, 0) is 25.7 Å².